The van der Waals surface area contributed by atoms with E-state index in [9.17, 15) is 0 Å². The summed E-state index contributed by atoms with van der Waals surface area (Å²) in [7, 11) is 0. The third-order valence-corrected chi connectivity index (χ3v) is 10.8. The molecule has 250 valence electrons. The highest BCUT2D eigenvalue weighted by Crippen LogP contribution is 2.52. The quantitative estimate of drug-likeness (QED) is 0.176. The maximum atomic E-state index is 5.00. The van der Waals surface area contributed by atoms with Gasteiger partial charge in [-0.05, 0) is 85.8 Å². The summed E-state index contributed by atoms with van der Waals surface area (Å²) in [6.07, 6.45) is 8.06. The number of allylic oxidation sites excluding steroid dienone is 4. The lowest BCUT2D eigenvalue weighted by Crippen LogP contribution is -2.10. The molecule has 10 rings (SSSR count). The summed E-state index contributed by atoms with van der Waals surface area (Å²) in [5.41, 5.74) is 13.3. The van der Waals surface area contributed by atoms with Crippen molar-refractivity contribution in [3.8, 4) is 56.4 Å². The van der Waals surface area contributed by atoms with E-state index in [2.05, 4.69) is 127 Å². The Hall–Kier alpha value is -6.71. The van der Waals surface area contributed by atoms with E-state index in [1.807, 2.05) is 60.7 Å². The molecular formula is C50H35N3. The Kier molecular flexibility index (Phi) is 7.69. The summed E-state index contributed by atoms with van der Waals surface area (Å²) >= 11 is 0. The number of nitrogens with zero attached hydrogens (tertiary/aromatic N) is 3. The molecule has 3 nitrogen and oxygen atoms in total. The minimum Gasteiger partial charge on any atom is -0.208 e. The highest BCUT2D eigenvalue weighted by molar-refractivity contribution is 6.01. The smallest absolute Gasteiger partial charge is 0.164 e. The molecule has 0 saturated carbocycles. The molecule has 2 aliphatic rings. The molecule has 0 radical (unpaired) electrons. The molecule has 3 heteroatoms. The van der Waals surface area contributed by atoms with Crippen molar-refractivity contribution in [2.75, 3.05) is 0 Å². The number of aromatic nitrogens is 3. The molecule has 53 heavy (non-hydrogen) atoms. The van der Waals surface area contributed by atoms with Crippen molar-refractivity contribution in [1.82, 2.24) is 15.0 Å². The third-order valence-electron chi connectivity index (χ3n) is 10.8. The van der Waals surface area contributed by atoms with Gasteiger partial charge in [-0.1, -0.05) is 170 Å². The maximum Gasteiger partial charge on any atom is 0.164 e. The van der Waals surface area contributed by atoms with Crippen LogP contribution in [0, 0.1) is 5.92 Å². The average molecular weight is 678 g/mol. The van der Waals surface area contributed by atoms with Crippen LogP contribution in [0.15, 0.2) is 188 Å². The van der Waals surface area contributed by atoms with Crippen molar-refractivity contribution in [2.24, 2.45) is 5.92 Å². The van der Waals surface area contributed by atoms with Gasteiger partial charge in [0.15, 0.2) is 17.5 Å². The predicted molar refractivity (Wildman–Crippen MR) is 218 cm³/mol. The number of hydrogen-bond donors (Lipinski definition) is 0. The Morgan fingerprint density at radius 3 is 1.55 bits per heavy atom. The van der Waals surface area contributed by atoms with E-state index in [0.29, 0.717) is 29.3 Å². The van der Waals surface area contributed by atoms with Crippen LogP contribution in [0.1, 0.15) is 22.6 Å². The second kappa shape index (κ2) is 13.1. The van der Waals surface area contributed by atoms with Gasteiger partial charge in [-0.25, -0.2) is 15.0 Å². The first-order chi connectivity index (χ1) is 26.3. The van der Waals surface area contributed by atoms with Crippen LogP contribution in [-0.4, -0.2) is 15.0 Å². The molecule has 2 unspecified atom stereocenters. The number of benzene rings is 7. The van der Waals surface area contributed by atoms with Gasteiger partial charge in [0.05, 0.1) is 0 Å². The van der Waals surface area contributed by atoms with E-state index in [-0.39, 0.29) is 0 Å². The molecular weight excluding hydrogens is 643 g/mol. The van der Waals surface area contributed by atoms with Gasteiger partial charge in [0, 0.05) is 22.6 Å². The van der Waals surface area contributed by atoms with Gasteiger partial charge >= 0.3 is 0 Å². The minimum absolute atomic E-state index is 0.336. The molecule has 0 fully saturated rings. The molecule has 0 aliphatic heterocycles. The van der Waals surface area contributed by atoms with Crippen molar-refractivity contribution < 1.29 is 0 Å². The predicted octanol–water partition coefficient (Wildman–Crippen LogP) is 12.3. The van der Waals surface area contributed by atoms with Crippen molar-refractivity contribution in [1.29, 1.82) is 0 Å². The molecule has 2 atom stereocenters. The average Bonchev–Trinajstić information content (AvgIpc) is 3.63. The fourth-order valence-electron chi connectivity index (χ4n) is 8.32. The number of hydrogen-bond acceptors (Lipinski definition) is 3. The fraction of sp³-hybridized carbons (Fsp3) is 0.0600. The number of fused-ring (bicyclic) bond motifs is 5. The Morgan fingerprint density at radius 1 is 0.415 bits per heavy atom. The first-order valence-electron chi connectivity index (χ1n) is 18.3. The zero-order chi connectivity index (χ0) is 35.1. The molecule has 0 saturated heterocycles. The second-order valence-electron chi connectivity index (χ2n) is 14.0. The molecule has 1 aromatic heterocycles. The third kappa shape index (κ3) is 5.68. The summed E-state index contributed by atoms with van der Waals surface area (Å²) in [6.45, 7) is 0. The van der Waals surface area contributed by atoms with Crippen molar-refractivity contribution in [3.63, 3.8) is 0 Å². The lowest BCUT2D eigenvalue weighted by atomic mass is 9.78. The standard InChI is InChI=1S/C50H35N3/c1-4-15-33(16-5-1)41-28-14-24-39-31-45-43-27-11-10-26-42(43)44(32-46(45)47(39)41)38-23-12-21-36(29-38)37-22-13-25-40(30-37)50-52-48(34-17-6-2-7-18-34)51-49(53-50)35-19-8-3-9-20-35/h1-30,32,39,47H,31H2. The Balaban J connectivity index is 1.07. The Bertz CT molecular complexity index is 2640. The van der Waals surface area contributed by atoms with Crippen molar-refractivity contribution >= 4 is 16.3 Å². The topological polar surface area (TPSA) is 38.7 Å². The fourth-order valence-corrected chi connectivity index (χ4v) is 8.32. The van der Waals surface area contributed by atoms with Gasteiger partial charge in [0.2, 0.25) is 0 Å². The summed E-state index contributed by atoms with van der Waals surface area (Å²) < 4.78 is 0. The van der Waals surface area contributed by atoms with E-state index in [4.69, 9.17) is 15.0 Å². The first-order valence-corrected chi connectivity index (χ1v) is 18.3. The van der Waals surface area contributed by atoms with Crippen molar-refractivity contribution in [3.05, 3.63) is 205 Å². The van der Waals surface area contributed by atoms with Crippen LogP contribution in [0.5, 0.6) is 0 Å². The summed E-state index contributed by atoms with van der Waals surface area (Å²) in [6, 6.07) is 60.2. The molecule has 7 aromatic carbocycles. The van der Waals surface area contributed by atoms with Crippen LogP contribution in [-0.2, 0) is 6.42 Å². The van der Waals surface area contributed by atoms with Crippen LogP contribution in [0.3, 0.4) is 0 Å². The Labute approximate surface area is 309 Å². The van der Waals surface area contributed by atoms with Gasteiger partial charge < -0.3 is 0 Å². The zero-order valence-corrected chi connectivity index (χ0v) is 29.1. The summed E-state index contributed by atoms with van der Waals surface area (Å²) in [5, 5.41) is 2.66. The molecule has 0 N–H and O–H groups in total. The van der Waals surface area contributed by atoms with Gasteiger partial charge in [-0.15, -0.1) is 0 Å². The largest absolute Gasteiger partial charge is 0.208 e. The number of rotatable bonds is 6. The SMILES string of the molecule is C1=CC2Cc3c(cc(-c4cccc(-c5cccc(-c6nc(-c7ccccc7)nc(-c7ccccc7)n6)c5)c4)c4ccccc34)C2C(c2ccccc2)=C1. The van der Waals surface area contributed by atoms with Crippen molar-refractivity contribution in [2.45, 2.75) is 12.3 Å². The van der Waals surface area contributed by atoms with E-state index in [0.717, 1.165) is 34.2 Å². The van der Waals surface area contributed by atoms with Crippen LogP contribution >= 0.6 is 0 Å². The Morgan fingerprint density at radius 2 is 0.906 bits per heavy atom. The van der Waals surface area contributed by atoms with Crippen LogP contribution < -0.4 is 0 Å². The zero-order valence-electron chi connectivity index (χ0n) is 29.1. The second-order valence-corrected chi connectivity index (χ2v) is 14.0. The molecule has 0 spiro atoms. The van der Waals surface area contributed by atoms with E-state index in [1.165, 1.54) is 44.2 Å². The summed E-state index contributed by atoms with van der Waals surface area (Å²) in [4.78, 5) is 14.9. The maximum absolute atomic E-state index is 5.00. The lowest BCUT2D eigenvalue weighted by Gasteiger charge is -2.25. The monoisotopic (exact) mass is 677 g/mol. The molecule has 2 aliphatic carbocycles. The normalized spacial score (nSPS) is 15.9. The van der Waals surface area contributed by atoms with Gasteiger partial charge in [0.1, 0.15) is 0 Å². The first kappa shape index (κ1) is 31.1. The van der Waals surface area contributed by atoms with Gasteiger partial charge in [-0.3, -0.25) is 0 Å². The van der Waals surface area contributed by atoms with Crippen LogP contribution in [0.4, 0.5) is 0 Å². The van der Waals surface area contributed by atoms with Crippen LogP contribution in [0.25, 0.3) is 72.8 Å². The molecule has 0 amide bonds. The highest BCUT2D eigenvalue weighted by atomic mass is 15.0. The summed E-state index contributed by atoms with van der Waals surface area (Å²) in [5.74, 6) is 2.76. The molecule has 8 aromatic rings. The van der Waals surface area contributed by atoms with E-state index >= 15 is 0 Å². The van der Waals surface area contributed by atoms with Crippen LogP contribution in [0.2, 0.25) is 0 Å². The lowest BCUT2D eigenvalue weighted by molar-refractivity contribution is 0.643. The molecule has 1 heterocycles. The van der Waals surface area contributed by atoms with Gasteiger partial charge in [-0.2, -0.15) is 0 Å². The highest BCUT2D eigenvalue weighted by Gasteiger charge is 2.36. The minimum atomic E-state index is 0.336. The molecule has 0 bridgehead atoms. The van der Waals surface area contributed by atoms with Gasteiger partial charge in [0.25, 0.3) is 0 Å². The van der Waals surface area contributed by atoms with E-state index in [1.54, 1.807) is 0 Å². The van der Waals surface area contributed by atoms with E-state index < -0.39 is 0 Å².